The molecule has 0 radical (unpaired) electrons. The van der Waals surface area contributed by atoms with Crippen LogP contribution in [0.4, 0.5) is 0 Å². The molecule has 0 aliphatic heterocycles. The Labute approximate surface area is 152 Å². The van der Waals surface area contributed by atoms with Gasteiger partial charge in [-0.1, -0.05) is 0 Å². The lowest BCUT2D eigenvalue weighted by Gasteiger charge is -2.20. The van der Waals surface area contributed by atoms with E-state index in [-0.39, 0.29) is 24.0 Å². The highest BCUT2D eigenvalue weighted by Crippen LogP contribution is 2.17. The number of aryl methyl sites for hydroxylation is 2. The molecular weight excluding hydrogens is 411 g/mol. The van der Waals surface area contributed by atoms with Crippen molar-refractivity contribution in [3.63, 3.8) is 0 Å². The Morgan fingerprint density at radius 2 is 2.23 bits per heavy atom. The van der Waals surface area contributed by atoms with E-state index in [1.54, 1.807) is 24.6 Å². The maximum atomic E-state index is 5.36. The molecule has 0 amide bonds. The molecule has 0 aliphatic carbocycles. The molecule has 0 fully saturated rings. The number of nitrogens with zero attached hydrogens (tertiary/aromatic N) is 3. The van der Waals surface area contributed by atoms with Gasteiger partial charge in [-0.05, 0) is 26.0 Å². The van der Waals surface area contributed by atoms with Gasteiger partial charge in [-0.3, -0.25) is 4.99 Å². The van der Waals surface area contributed by atoms with Gasteiger partial charge in [0, 0.05) is 31.9 Å². The van der Waals surface area contributed by atoms with Crippen LogP contribution in [0.3, 0.4) is 0 Å². The summed E-state index contributed by atoms with van der Waals surface area (Å²) in [4.78, 5) is 12.1. The Morgan fingerprint density at radius 1 is 1.45 bits per heavy atom. The predicted octanol–water partition coefficient (Wildman–Crippen LogP) is 3.22. The van der Waals surface area contributed by atoms with E-state index < -0.39 is 0 Å². The molecule has 2 aromatic heterocycles. The predicted molar refractivity (Wildman–Crippen MR) is 102 cm³/mol. The molecule has 0 spiro atoms. The fourth-order valence-electron chi connectivity index (χ4n) is 2.19. The van der Waals surface area contributed by atoms with Crippen LogP contribution in [-0.2, 0) is 13.0 Å². The number of aromatic nitrogens is 1. The first-order valence-corrected chi connectivity index (χ1v) is 7.79. The lowest BCUT2D eigenvalue weighted by molar-refractivity contribution is 0.400. The van der Waals surface area contributed by atoms with Gasteiger partial charge in [0.15, 0.2) is 5.96 Å². The van der Waals surface area contributed by atoms with Crippen LogP contribution >= 0.6 is 35.3 Å². The van der Waals surface area contributed by atoms with Crippen LogP contribution in [0.25, 0.3) is 0 Å². The first-order valence-electron chi connectivity index (χ1n) is 6.97. The first kappa shape index (κ1) is 19.0. The van der Waals surface area contributed by atoms with Crippen molar-refractivity contribution >= 4 is 41.3 Å². The van der Waals surface area contributed by atoms with Crippen molar-refractivity contribution < 1.29 is 4.42 Å². The molecule has 22 heavy (non-hydrogen) atoms. The van der Waals surface area contributed by atoms with E-state index in [2.05, 4.69) is 22.2 Å². The van der Waals surface area contributed by atoms with E-state index in [0.29, 0.717) is 6.54 Å². The van der Waals surface area contributed by atoms with Crippen LogP contribution < -0.4 is 5.32 Å². The van der Waals surface area contributed by atoms with E-state index in [1.165, 1.54) is 4.88 Å². The van der Waals surface area contributed by atoms with Crippen molar-refractivity contribution in [2.45, 2.75) is 26.8 Å². The van der Waals surface area contributed by atoms with Gasteiger partial charge in [0.05, 0.1) is 23.5 Å². The minimum absolute atomic E-state index is 0. The van der Waals surface area contributed by atoms with Gasteiger partial charge >= 0.3 is 0 Å². The Bertz CT molecular complexity index is 595. The third kappa shape index (κ3) is 5.28. The van der Waals surface area contributed by atoms with Crippen LogP contribution in [0.5, 0.6) is 0 Å². The molecular formula is C15H23IN4OS. The standard InChI is InChI=1S/C15H22N4OS.HI/c1-11-14(21-12(2)18-11)7-8-17-15(16-3)19(4)10-13-6-5-9-20-13;/h5-6,9H,7-8,10H2,1-4H3,(H,16,17);1H. The van der Waals surface area contributed by atoms with Crippen molar-refractivity contribution in [1.82, 2.24) is 15.2 Å². The number of thiazole rings is 1. The number of furan rings is 1. The van der Waals surface area contributed by atoms with Gasteiger partial charge in [-0.2, -0.15) is 0 Å². The second-order valence-corrected chi connectivity index (χ2v) is 6.19. The summed E-state index contributed by atoms with van der Waals surface area (Å²) in [5, 5.41) is 4.51. The second-order valence-electron chi connectivity index (χ2n) is 4.90. The average molecular weight is 434 g/mol. The van der Waals surface area contributed by atoms with Crippen molar-refractivity contribution in [1.29, 1.82) is 0 Å². The molecule has 0 aliphatic rings. The number of rotatable bonds is 5. The van der Waals surface area contributed by atoms with Crippen LogP contribution in [0.15, 0.2) is 27.8 Å². The van der Waals surface area contributed by atoms with Gasteiger partial charge in [0.1, 0.15) is 5.76 Å². The molecule has 2 aromatic rings. The summed E-state index contributed by atoms with van der Waals surface area (Å²) in [7, 11) is 3.79. The summed E-state index contributed by atoms with van der Waals surface area (Å²) < 4.78 is 5.36. The number of hydrogen-bond acceptors (Lipinski definition) is 4. The van der Waals surface area contributed by atoms with E-state index >= 15 is 0 Å². The summed E-state index contributed by atoms with van der Waals surface area (Å²) in [5.74, 6) is 1.79. The van der Waals surface area contributed by atoms with Crippen LogP contribution in [0, 0.1) is 13.8 Å². The molecule has 2 heterocycles. The fourth-order valence-corrected chi connectivity index (χ4v) is 3.13. The quantitative estimate of drug-likeness (QED) is 0.446. The SMILES string of the molecule is CN=C(NCCc1sc(C)nc1C)N(C)Cc1ccco1.I. The molecule has 2 rings (SSSR count). The van der Waals surface area contributed by atoms with Gasteiger partial charge in [-0.15, -0.1) is 35.3 Å². The molecule has 0 unspecified atom stereocenters. The van der Waals surface area contributed by atoms with Crippen molar-refractivity contribution in [3.05, 3.63) is 39.7 Å². The van der Waals surface area contributed by atoms with Crippen LogP contribution in [-0.4, -0.2) is 36.5 Å². The Kier molecular flexibility index (Phi) is 7.88. The summed E-state index contributed by atoms with van der Waals surface area (Å²) in [6.07, 6.45) is 2.65. The molecule has 0 saturated heterocycles. The van der Waals surface area contributed by atoms with Gasteiger partial charge in [0.25, 0.3) is 0 Å². The summed E-state index contributed by atoms with van der Waals surface area (Å²) in [6, 6.07) is 3.86. The van der Waals surface area contributed by atoms with E-state index in [4.69, 9.17) is 4.42 Å². The lowest BCUT2D eigenvalue weighted by atomic mass is 10.3. The Balaban J connectivity index is 0.00000242. The Morgan fingerprint density at radius 3 is 2.77 bits per heavy atom. The smallest absolute Gasteiger partial charge is 0.193 e. The summed E-state index contributed by atoms with van der Waals surface area (Å²) in [5.41, 5.74) is 1.14. The first-order chi connectivity index (χ1) is 10.1. The normalized spacial score (nSPS) is 11.2. The molecule has 122 valence electrons. The van der Waals surface area contributed by atoms with E-state index in [0.717, 1.165) is 35.4 Å². The van der Waals surface area contributed by atoms with Crippen molar-refractivity contribution in [2.75, 3.05) is 20.6 Å². The van der Waals surface area contributed by atoms with Gasteiger partial charge in [-0.25, -0.2) is 4.98 Å². The number of aliphatic imine (C=N–C) groups is 1. The third-order valence-electron chi connectivity index (χ3n) is 3.18. The van der Waals surface area contributed by atoms with Crippen LogP contribution in [0.1, 0.15) is 21.3 Å². The molecule has 0 bridgehead atoms. The highest BCUT2D eigenvalue weighted by Gasteiger charge is 2.09. The average Bonchev–Trinajstić information content (AvgIpc) is 3.05. The van der Waals surface area contributed by atoms with E-state index in [1.807, 2.05) is 31.0 Å². The summed E-state index contributed by atoms with van der Waals surface area (Å²) >= 11 is 1.77. The van der Waals surface area contributed by atoms with Gasteiger partial charge < -0.3 is 14.6 Å². The number of hydrogen-bond donors (Lipinski definition) is 1. The zero-order valence-corrected chi connectivity index (χ0v) is 16.6. The molecule has 5 nitrogen and oxygen atoms in total. The monoisotopic (exact) mass is 434 g/mol. The molecule has 0 atom stereocenters. The second kappa shape index (κ2) is 9.14. The van der Waals surface area contributed by atoms with Crippen molar-refractivity contribution in [3.8, 4) is 0 Å². The highest BCUT2D eigenvalue weighted by atomic mass is 127. The zero-order chi connectivity index (χ0) is 15.2. The maximum Gasteiger partial charge on any atom is 0.193 e. The Hall–Kier alpha value is -1.09. The topological polar surface area (TPSA) is 53.7 Å². The molecule has 7 heteroatoms. The lowest BCUT2D eigenvalue weighted by Crippen LogP contribution is -2.39. The minimum atomic E-state index is 0. The third-order valence-corrected chi connectivity index (χ3v) is 4.31. The molecule has 0 saturated carbocycles. The van der Waals surface area contributed by atoms with Crippen LogP contribution in [0.2, 0.25) is 0 Å². The molecule has 1 N–H and O–H groups in total. The maximum absolute atomic E-state index is 5.36. The van der Waals surface area contributed by atoms with E-state index in [9.17, 15) is 0 Å². The number of halogens is 1. The zero-order valence-electron chi connectivity index (χ0n) is 13.4. The highest BCUT2D eigenvalue weighted by molar-refractivity contribution is 14.0. The largest absolute Gasteiger partial charge is 0.467 e. The fraction of sp³-hybridized carbons (Fsp3) is 0.467. The molecule has 0 aromatic carbocycles. The number of nitrogens with one attached hydrogen (secondary N) is 1. The minimum Gasteiger partial charge on any atom is -0.467 e. The van der Waals surface area contributed by atoms with Gasteiger partial charge in [0.2, 0.25) is 0 Å². The van der Waals surface area contributed by atoms with Crippen molar-refractivity contribution in [2.24, 2.45) is 4.99 Å². The number of guanidine groups is 1. The summed E-state index contributed by atoms with van der Waals surface area (Å²) in [6.45, 7) is 5.66.